The van der Waals surface area contributed by atoms with Crippen LogP contribution in [-0.2, 0) is 19.6 Å². The average molecular weight is 254 g/mol. The lowest BCUT2D eigenvalue weighted by Crippen LogP contribution is -2.05. The van der Waals surface area contributed by atoms with E-state index >= 15 is 0 Å². The lowest BCUT2D eigenvalue weighted by atomic mass is 10.1. The first-order valence-electron chi connectivity index (χ1n) is 6.66. The van der Waals surface area contributed by atoms with Gasteiger partial charge in [-0.2, -0.15) is 0 Å². The van der Waals surface area contributed by atoms with Crippen LogP contribution in [0.1, 0.15) is 16.7 Å². The minimum Gasteiger partial charge on any atom is -0.392 e. The average Bonchev–Trinajstić information content (AvgIpc) is 2.94. The zero-order valence-corrected chi connectivity index (χ0v) is 10.8. The molecule has 3 N–H and O–H groups in total. The largest absolute Gasteiger partial charge is 0.392 e. The summed E-state index contributed by atoms with van der Waals surface area (Å²) in [6, 6.07) is 14.3. The summed E-state index contributed by atoms with van der Waals surface area (Å²) in [6.45, 7) is 1.86. The molecule has 0 unspecified atom stereocenters. The van der Waals surface area contributed by atoms with Gasteiger partial charge in [-0.15, -0.1) is 0 Å². The molecular weight excluding hydrogens is 236 g/mol. The Morgan fingerprint density at radius 2 is 1.89 bits per heavy atom. The van der Waals surface area contributed by atoms with Crippen LogP contribution in [0.15, 0.2) is 42.5 Å². The Bertz CT molecular complexity index is 581. The molecule has 0 spiro atoms. The minimum absolute atomic E-state index is 0.0638. The smallest absolute Gasteiger partial charge is 0.0701 e. The van der Waals surface area contributed by atoms with E-state index in [4.69, 9.17) is 0 Å². The predicted octanol–water partition coefficient (Wildman–Crippen LogP) is 2.76. The molecule has 3 nitrogen and oxygen atoms in total. The first-order chi connectivity index (χ1) is 9.38. The summed E-state index contributed by atoms with van der Waals surface area (Å²) in [7, 11) is 0. The summed E-state index contributed by atoms with van der Waals surface area (Å²) in [5.41, 5.74) is 5.89. The van der Waals surface area contributed by atoms with Gasteiger partial charge < -0.3 is 15.7 Å². The SMILES string of the molecule is OCc1ccccc1NCc1cccc2c1NCC2. The molecule has 0 radical (unpaired) electrons. The molecule has 1 heterocycles. The monoisotopic (exact) mass is 254 g/mol. The van der Waals surface area contributed by atoms with Crippen molar-refractivity contribution in [3.8, 4) is 0 Å². The molecule has 19 heavy (non-hydrogen) atoms. The fraction of sp³-hybridized carbons (Fsp3) is 0.250. The summed E-state index contributed by atoms with van der Waals surface area (Å²) in [6.07, 6.45) is 1.11. The highest BCUT2D eigenvalue weighted by atomic mass is 16.3. The number of hydrogen-bond donors (Lipinski definition) is 3. The fourth-order valence-corrected chi connectivity index (χ4v) is 2.58. The van der Waals surface area contributed by atoms with Gasteiger partial charge in [0.05, 0.1) is 6.61 Å². The van der Waals surface area contributed by atoms with Crippen molar-refractivity contribution < 1.29 is 5.11 Å². The van der Waals surface area contributed by atoms with Crippen molar-refractivity contribution in [1.82, 2.24) is 0 Å². The zero-order valence-electron chi connectivity index (χ0n) is 10.8. The minimum atomic E-state index is 0.0638. The summed E-state index contributed by atoms with van der Waals surface area (Å²) in [4.78, 5) is 0. The van der Waals surface area contributed by atoms with Crippen molar-refractivity contribution in [3.63, 3.8) is 0 Å². The fourth-order valence-electron chi connectivity index (χ4n) is 2.58. The van der Waals surface area contributed by atoms with E-state index < -0.39 is 0 Å². The highest BCUT2D eigenvalue weighted by Gasteiger charge is 2.13. The van der Waals surface area contributed by atoms with Gasteiger partial charge in [0.2, 0.25) is 0 Å². The molecule has 1 aliphatic rings. The Morgan fingerprint density at radius 3 is 2.79 bits per heavy atom. The Hall–Kier alpha value is -2.00. The third-order valence-electron chi connectivity index (χ3n) is 3.59. The number of aliphatic hydroxyl groups excluding tert-OH is 1. The molecule has 0 saturated carbocycles. The lowest BCUT2D eigenvalue weighted by Gasteiger charge is -2.13. The third-order valence-corrected chi connectivity index (χ3v) is 3.59. The molecule has 3 rings (SSSR count). The number of anilines is 2. The first-order valence-corrected chi connectivity index (χ1v) is 6.66. The molecule has 2 aromatic rings. The van der Waals surface area contributed by atoms with E-state index in [0.717, 1.165) is 30.8 Å². The van der Waals surface area contributed by atoms with Gasteiger partial charge in [0.1, 0.15) is 0 Å². The predicted molar refractivity (Wildman–Crippen MR) is 78.3 cm³/mol. The second-order valence-electron chi connectivity index (χ2n) is 4.80. The number of aliphatic hydroxyl groups is 1. The van der Waals surface area contributed by atoms with Crippen LogP contribution in [0, 0.1) is 0 Å². The van der Waals surface area contributed by atoms with Crippen molar-refractivity contribution in [2.75, 3.05) is 17.2 Å². The Labute approximate surface area is 113 Å². The Morgan fingerprint density at radius 1 is 1.05 bits per heavy atom. The molecule has 1 aliphatic heterocycles. The molecule has 0 aliphatic carbocycles. The molecule has 3 heteroatoms. The topological polar surface area (TPSA) is 44.3 Å². The molecule has 0 amide bonds. The molecule has 0 saturated heterocycles. The van der Waals surface area contributed by atoms with Gasteiger partial charge in [0, 0.05) is 30.0 Å². The van der Waals surface area contributed by atoms with E-state index in [0.29, 0.717) is 0 Å². The normalized spacial score (nSPS) is 12.9. The lowest BCUT2D eigenvalue weighted by molar-refractivity contribution is 0.282. The number of para-hydroxylation sites is 2. The van der Waals surface area contributed by atoms with E-state index in [1.165, 1.54) is 16.8 Å². The van der Waals surface area contributed by atoms with Gasteiger partial charge in [-0.25, -0.2) is 0 Å². The third kappa shape index (κ3) is 2.42. The van der Waals surface area contributed by atoms with E-state index in [2.05, 4.69) is 28.8 Å². The molecule has 98 valence electrons. The first kappa shape index (κ1) is 12.1. The Kier molecular flexibility index (Phi) is 3.38. The number of rotatable bonds is 4. The summed E-state index contributed by atoms with van der Waals surface area (Å²) < 4.78 is 0. The van der Waals surface area contributed by atoms with Crippen LogP contribution >= 0.6 is 0 Å². The van der Waals surface area contributed by atoms with Gasteiger partial charge in [0.25, 0.3) is 0 Å². The van der Waals surface area contributed by atoms with E-state index in [9.17, 15) is 5.11 Å². The molecular formula is C16H18N2O. The molecule has 0 atom stereocenters. The van der Waals surface area contributed by atoms with Gasteiger partial charge in [-0.05, 0) is 23.6 Å². The maximum atomic E-state index is 9.32. The van der Waals surface area contributed by atoms with Crippen molar-refractivity contribution in [3.05, 3.63) is 59.2 Å². The number of hydrogen-bond acceptors (Lipinski definition) is 3. The highest BCUT2D eigenvalue weighted by Crippen LogP contribution is 2.27. The standard InChI is InChI=1S/C16H18N2O/c19-11-14-4-1-2-7-15(14)18-10-13-6-3-5-12-8-9-17-16(12)13/h1-7,17-19H,8-11H2. The number of benzene rings is 2. The van der Waals surface area contributed by atoms with Gasteiger partial charge in [-0.1, -0.05) is 36.4 Å². The van der Waals surface area contributed by atoms with E-state index in [1.807, 2.05) is 24.3 Å². The molecule has 0 bridgehead atoms. The Balaban J connectivity index is 1.78. The van der Waals surface area contributed by atoms with Crippen LogP contribution in [0.25, 0.3) is 0 Å². The quantitative estimate of drug-likeness (QED) is 0.786. The molecule has 0 aromatic heterocycles. The zero-order chi connectivity index (χ0) is 13.1. The summed E-state index contributed by atoms with van der Waals surface area (Å²) in [5.74, 6) is 0. The number of nitrogens with one attached hydrogen (secondary N) is 2. The highest BCUT2D eigenvalue weighted by molar-refractivity contribution is 5.62. The van der Waals surface area contributed by atoms with Crippen molar-refractivity contribution >= 4 is 11.4 Å². The number of fused-ring (bicyclic) bond motifs is 1. The second kappa shape index (κ2) is 5.33. The van der Waals surface area contributed by atoms with Crippen molar-refractivity contribution in [2.24, 2.45) is 0 Å². The van der Waals surface area contributed by atoms with Crippen LogP contribution in [-0.4, -0.2) is 11.7 Å². The van der Waals surface area contributed by atoms with Crippen molar-refractivity contribution in [2.45, 2.75) is 19.6 Å². The van der Waals surface area contributed by atoms with Gasteiger partial charge in [0.15, 0.2) is 0 Å². The van der Waals surface area contributed by atoms with Crippen LogP contribution < -0.4 is 10.6 Å². The maximum Gasteiger partial charge on any atom is 0.0701 e. The van der Waals surface area contributed by atoms with Crippen LogP contribution in [0.3, 0.4) is 0 Å². The summed E-state index contributed by atoms with van der Waals surface area (Å²) in [5, 5.41) is 16.2. The van der Waals surface area contributed by atoms with Crippen molar-refractivity contribution in [1.29, 1.82) is 0 Å². The molecule has 0 fully saturated rings. The van der Waals surface area contributed by atoms with Gasteiger partial charge in [-0.3, -0.25) is 0 Å². The second-order valence-corrected chi connectivity index (χ2v) is 4.80. The van der Waals surface area contributed by atoms with Crippen LogP contribution in [0.2, 0.25) is 0 Å². The summed E-state index contributed by atoms with van der Waals surface area (Å²) >= 11 is 0. The van der Waals surface area contributed by atoms with E-state index in [1.54, 1.807) is 0 Å². The van der Waals surface area contributed by atoms with Crippen LogP contribution in [0.4, 0.5) is 11.4 Å². The van der Waals surface area contributed by atoms with Gasteiger partial charge >= 0.3 is 0 Å². The van der Waals surface area contributed by atoms with Crippen LogP contribution in [0.5, 0.6) is 0 Å². The molecule has 2 aromatic carbocycles. The maximum absolute atomic E-state index is 9.32. The van der Waals surface area contributed by atoms with E-state index in [-0.39, 0.29) is 6.61 Å².